The molecular formula is C13H20N2O2. The predicted molar refractivity (Wildman–Crippen MR) is 69.3 cm³/mol. The molecule has 1 unspecified atom stereocenters. The van der Waals surface area contributed by atoms with Crippen LogP contribution in [0.5, 0.6) is 0 Å². The summed E-state index contributed by atoms with van der Waals surface area (Å²) < 4.78 is 11.0. The number of anilines is 2. The summed E-state index contributed by atoms with van der Waals surface area (Å²) in [7, 11) is 1.74. The van der Waals surface area contributed by atoms with Crippen molar-refractivity contribution >= 4 is 11.4 Å². The standard InChI is InChI=1S/C13H20N2O2/c1-10-7-11(3-4-12(10)14)15-8-13(16-2)5-6-17-9-13/h3-4,7,15H,5-6,8-9,14H2,1-2H3. The monoisotopic (exact) mass is 236 g/mol. The van der Waals surface area contributed by atoms with Crippen molar-refractivity contribution in [1.82, 2.24) is 0 Å². The lowest BCUT2D eigenvalue weighted by molar-refractivity contribution is -0.00619. The van der Waals surface area contributed by atoms with Crippen LogP contribution in [0.1, 0.15) is 12.0 Å². The van der Waals surface area contributed by atoms with Crippen molar-refractivity contribution in [2.24, 2.45) is 0 Å². The number of aryl methyl sites for hydroxylation is 1. The molecule has 0 aromatic heterocycles. The Morgan fingerprint density at radius 3 is 2.94 bits per heavy atom. The fourth-order valence-electron chi connectivity index (χ4n) is 2.01. The minimum Gasteiger partial charge on any atom is -0.399 e. The number of hydrogen-bond donors (Lipinski definition) is 2. The van der Waals surface area contributed by atoms with Gasteiger partial charge in [0.2, 0.25) is 0 Å². The third-order valence-corrected chi connectivity index (χ3v) is 3.38. The van der Waals surface area contributed by atoms with Gasteiger partial charge in [-0.2, -0.15) is 0 Å². The third-order valence-electron chi connectivity index (χ3n) is 3.38. The maximum absolute atomic E-state index is 5.79. The maximum Gasteiger partial charge on any atom is 0.110 e. The molecule has 0 amide bonds. The molecule has 0 radical (unpaired) electrons. The van der Waals surface area contributed by atoms with Crippen LogP contribution in [0.3, 0.4) is 0 Å². The molecule has 17 heavy (non-hydrogen) atoms. The molecule has 1 saturated heterocycles. The van der Waals surface area contributed by atoms with Crippen LogP contribution in [-0.4, -0.2) is 32.5 Å². The highest BCUT2D eigenvalue weighted by Crippen LogP contribution is 2.24. The number of nitrogens with two attached hydrogens (primary N) is 1. The molecule has 94 valence electrons. The summed E-state index contributed by atoms with van der Waals surface area (Å²) in [5.74, 6) is 0. The van der Waals surface area contributed by atoms with Crippen LogP contribution in [0.15, 0.2) is 18.2 Å². The Balaban J connectivity index is 1.99. The summed E-state index contributed by atoms with van der Waals surface area (Å²) in [6.07, 6.45) is 0.935. The number of ether oxygens (including phenoxy) is 2. The van der Waals surface area contributed by atoms with E-state index in [4.69, 9.17) is 15.2 Å². The molecule has 0 bridgehead atoms. The van der Waals surface area contributed by atoms with Gasteiger partial charge in [-0.15, -0.1) is 0 Å². The summed E-state index contributed by atoms with van der Waals surface area (Å²) in [5, 5.41) is 3.39. The molecule has 1 aromatic rings. The Kier molecular flexibility index (Phi) is 3.54. The Morgan fingerprint density at radius 1 is 1.53 bits per heavy atom. The fraction of sp³-hybridized carbons (Fsp3) is 0.538. The van der Waals surface area contributed by atoms with Gasteiger partial charge in [0.15, 0.2) is 0 Å². The van der Waals surface area contributed by atoms with Gasteiger partial charge in [-0.05, 0) is 30.7 Å². The van der Waals surface area contributed by atoms with E-state index in [0.29, 0.717) is 6.61 Å². The molecule has 3 N–H and O–H groups in total. The van der Waals surface area contributed by atoms with Crippen LogP contribution in [0.4, 0.5) is 11.4 Å². The Morgan fingerprint density at radius 2 is 2.35 bits per heavy atom. The first-order valence-corrected chi connectivity index (χ1v) is 5.88. The van der Waals surface area contributed by atoms with Gasteiger partial charge >= 0.3 is 0 Å². The second-order valence-electron chi connectivity index (χ2n) is 4.61. The van der Waals surface area contributed by atoms with E-state index < -0.39 is 0 Å². The van der Waals surface area contributed by atoms with Gasteiger partial charge in [0.1, 0.15) is 5.60 Å². The molecular weight excluding hydrogens is 216 g/mol. The maximum atomic E-state index is 5.79. The van der Waals surface area contributed by atoms with Crippen LogP contribution >= 0.6 is 0 Å². The van der Waals surface area contributed by atoms with Crippen LogP contribution in [-0.2, 0) is 9.47 Å². The molecule has 1 aromatic carbocycles. The number of hydrogen-bond acceptors (Lipinski definition) is 4. The third kappa shape index (κ3) is 2.70. The van der Waals surface area contributed by atoms with Crippen molar-refractivity contribution < 1.29 is 9.47 Å². The number of rotatable bonds is 4. The quantitative estimate of drug-likeness (QED) is 0.783. The molecule has 1 aliphatic rings. The molecule has 1 fully saturated rings. The summed E-state index contributed by atoms with van der Waals surface area (Å²) in [4.78, 5) is 0. The lowest BCUT2D eigenvalue weighted by Gasteiger charge is -2.26. The van der Waals surface area contributed by atoms with Crippen molar-refractivity contribution in [1.29, 1.82) is 0 Å². The largest absolute Gasteiger partial charge is 0.399 e. The van der Waals surface area contributed by atoms with Crippen molar-refractivity contribution in [2.45, 2.75) is 18.9 Å². The lowest BCUT2D eigenvalue weighted by Crippen LogP contribution is -2.39. The second-order valence-corrected chi connectivity index (χ2v) is 4.61. The van der Waals surface area contributed by atoms with Gasteiger partial charge in [-0.25, -0.2) is 0 Å². The van der Waals surface area contributed by atoms with E-state index in [-0.39, 0.29) is 5.60 Å². The van der Waals surface area contributed by atoms with Crippen molar-refractivity contribution in [3.63, 3.8) is 0 Å². The Bertz CT molecular complexity index is 387. The zero-order chi connectivity index (χ0) is 12.3. The lowest BCUT2D eigenvalue weighted by atomic mass is 10.0. The molecule has 0 saturated carbocycles. The summed E-state index contributed by atoms with van der Waals surface area (Å²) >= 11 is 0. The highest BCUT2D eigenvalue weighted by Gasteiger charge is 2.34. The van der Waals surface area contributed by atoms with Crippen molar-refractivity contribution in [3.8, 4) is 0 Å². The average Bonchev–Trinajstić information content (AvgIpc) is 2.80. The highest BCUT2D eigenvalue weighted by molar-refractivity contribution is 5.56. The summed E-state index contributed by atoms with van der Waals surface area (Å²) in [6.45, 7) is 4.19. The number of methoxy groups -OCH3 is 1. The van der Waals surface area contributed by atoms with Crippen LogP contribution in [0.2, 0.25) is 0 Å². The molecule has 0 aliphatic carbocycles. The Labute approximate surface area is 102 Å². The smallest absolute Gasteiger partial charge is 0.110 e. The van der Waals surface area contributed by atoms with E-state index in [1.165, 1.54) is 0 Å². The number of benzene rings is 1. The molecule has 0 spiro atoms. The van der Waals surface area contributed by atoms with Gasteiger partial charge < -0.3 is 20.5 Å². The normalized spacial score (nSPS) is 23.9. The minimum atomic E-state index is -0.185. The average molecular weight is 236 g/mol. The van der Waals surface area contributed by atoms with E-state index in [1.807, 2.05) is 19.1 Å². The summed E-state index contributed by atoms with van der Waals surface area (Å²) in [5.41, 5.74) is 8.58. The minimum absolute atomic E-state index is 0.185. The fourth-order valence-corrected chi connectivity index (χ4v) is 2.01. The molecule has 4 heteroatoms. The van der Waals surface area contributed by atoms with Crippen molar-refractivity contribution in [2.75, 3.05) is 37.9 Å². The highest BCUT2D eigenvalue weighted by atomic mass is 16.5. The van der Waals surface area contributed by atoms with Gasteiger partial charge in [0.25, 0.3) is 0 Å². The van der Waals surface area contributed by atoms with E-state index in [0.717, 1.165) is 36.5 Å². The topological polar surface area (TPSA) is 56.5 Å². The first kappa shape index (κ1) is 12.2. The zero-order valence-corrected chi connectivity index (χ0v) is 10.5. The van der Waals surface area contributed by atoms with Gasteiger partial charge in [0.05, 0.1) is 6.61 Å². The molecule has 1 atom stereocenters. The first-order valence-electron chi connectivity index (χ1n) is 5.88. The van der Waals surface area contributed by atoms with E-state index in [1.54, 1.807) is 7.11 Å². The van der Waals surface area contributed by atoms with Gasteiger partial charge in [-0.1, -0.05) is 0 Å². The molecule has 1 aliphatic heterocycles. The number of nitrogen functional groups attached to an aromatic ring is 1. The first-order chi connectivity index (χ1) is 8.15. The van der Waals surface area contributed by atoms with E-state index >= 15 is 0 Å². The summed E-state index contributed by atoms with van der Waals surface area (Å²) in [6, 6.07) is 5.96. The predicted octanol–water partition coefficient (Wildman–Crippen LogP) is 1.79. The SMILES string of the molecule is COC1(CNc2ccc(N)c(C)c2)CCOC1. The second kappa shape index (κ2) is 4.94. The van der Waals surface area contributed by atoms with Crippen LogP contribution in [0.25, 0.3) is 0 Å². The zero-order valence-electron chi connectivity index (χ0n) is 10.5. The molecule has 2 rings (SSSR count). The number of nitrogens with one attached hydrogen (secondary N) is 1. The van der Waals surface area contributed by atoms with E-state index in [2.05, 4.69) is 11.4 Å². The van der Waals surface area contributed by atoms with Gasteiger partial charge in [0, 0.05) is 38.1 Å². The van der Waals surface area contributed by atoms with Crippen molar-refractivity contribution in [3.05, 3.63) is 23.8 Å². The van der Waals surface area contributed by atoms with Crippen LogP contribution < -0.4 is 11.1 Å². The molecule has 1 heterocycles. The van der Waals surface area contributed by atoms with Gasteiger partial charge in [-0.3, -0.25) is 0 Å². The Hall–Kier alpha value is -1.26. The molecule has 4 nitrogen and oxygen atoms in total. The van der Waals surface area contributed by atoms with Crippen LogP contribution in [0, 0.1) is 6.92 Å². The van der Waals surface area contributed by atoms with E-state index in [9.17, 15) is 0 Å².